The number of ketones is 1. The lowest BCUT2D eigenvalue weighted by atomic mass is 10.1. The molecule has 0 saturated carbocycles. The first-order valence-corrected chi connectivity index (χ1v) is 4.14. The molecule has 2 N–H and O–H groups in total. The van der Waals surface area contributed by atoms with Crippen LogP contribution < -0.4 is 5.73 Å². The van der Waals surface area contributed by atoms with Gasteiger partial charge in [-0.3, -0.25) is 4.79 Å². The largest absolute Gasteiger partial charge is 0.398 e. The molecule has 1 aromatic carbocycles. The van der Waals surface area contributed by atoms with E-state index >= 15 is 0 Å². The first-order chi connectivity index (χ1) is 5.65. The van der Waals surface area contributed by atoms with Crippen LogP contribution in [0.3, 0.4) is 0 Å². The molecule has 0 fully saturated rings. The number of nitrogen functional groups attached to an aromatic ring is 1. The highest BCUT2D eigenvalue weighted by Crippen LogP contribution is 2.15. The van der Waals surface area contributed by atoms with Crippen LogP contribution in [0.5, 0.6) is 0 Å². The number of anilines is 1. The maximum atomic E-state index is 11.0. The van der Waals surface area contributed by atoms with Crippen molar-refractivity contribution in [2.75, 3.05) is 5.73 Å². The zero-order valence-corrected chi connectivity index (χ0v) is 7.56. The van der Waals surface area contributed by atoms with E-state index in [1.807, 2.05) is 0 Å². The fourth-order valence-electron chi connectivity index (χ4n) is 1.02. The number of rotatable bonds is 2. The molecule has 0 aliphatic carbocycles. The molecule has 0 bridgehead atoms. The van der Waals surface area contributed by atoms with Crippen LogP contribution >= 0.6 is 11.6 Å². The van der Waals surface area contributed by atoms with Gasteiger partial charge in [0.2, 0.25) is 0 Å². The molecule has 12 heavy (non-hydrogen) atoms. The van der Waals surface area contributed by atoms with Crippen LogP contribution in [0, 0.1) is 0 Å². The number of hydrogen-bond acceptors (Lipinski definition) is 2. The third-order valence-corrected chi connectivity index (χ3v) is 1.96. The molecule has 3 heteroatoms. The molecule has 0 atom stereocenters. The highest BCUT2D eigenvalue weighted by molar-refractivity contribution is 6.17. The van der Waals surface area contributed by atoms with Crippen LogP contribution in [0.15, 0.2) is 18.2 Å². The Morgan fingerprint density at radius 2 is 2.25 bits per heavy atom. The predicted octanol–water partition coefficient (Wildman–Crippen LogP) is 2.21. The van der Waals surface area contributed by atoms with Crippen LogP contribution in [-0.2, 0) is 5.88 Å². The Labute approximate surface area is 76.3 Å². The molecular weight excluding hydrogens is 174 g/mol. The van der Waals surface area contributed by atoms with Gasteiger partial charge >= 0.3 is 0 Å². The normalized spacial score (nSPS) is 9.83. The Hall–Kier alpha value is -1.02. The van der Waals surface area contributed by atoms with Gasteiger partial charge in [-0.05, 0) is 24.6 Å². The number of halogens is 1. The molecular formula is C9H10ClNO. The van der Waals surface area contributed by atoms with Crippen molar-refractivity contribution in [2.45, 2.75) is 12.8 Å². The molecule has 1 rings (SSSR count). The van der Waals surface area contributed by atoms with E-state index in [0.717, 1.165) is 5.56 Å². The second-order valence-electron chi connectivity index (χ2n) is 2.61. The Balaban J connectivity index is 3.12. The first kappa shape index (κ1) is 9.07. The van der Waals surface area contributed by atoms with Crippen LogP contribution in [0.4, 0.5) is 5.69 Å². The van der Waals surface area contributed by atoms with Crippen molar-refractivity contribution in [3.05, 3.63) is 29.3 Å². The maximum Gasteiger partial charge on any atom is 0.161 e. The molecule has 0 radical (unpaired) electrons. The van der Waals surface area contributed by atoms with Gasteiger partial charge in [0.1, 0.15) is 0 Å². The fourth-order valence-corrected chi connectivity index (χ4v) is 1.18. The number of carbonyl (C=O) groups excluding carboxylic acids is 1. The lowest BCUT2D eigenvalue weighted by Crippen LogP contribution is -1.99. The SMILES string of the molecule is CC(=O)c1ccc(CCl)cc1N. The van der Waals surface area contributed by atoms with E-state index in [4.69, 9.17) is 17.3 Å². The zero-order valence-electron chi connectivity index (χ0n) is 6.80. The third kappa shape index (κ3) is 1.77. The summed E-state index contributed by atoms with van der Waals surface area (Å²) in [5.74, 6) is 0.399. The number of benzene rings is 1. The highest BCUT2D eigenvalue weighted by atomic mass is 35.5. The standard InChI is InChI=1S/C9H10ClNO/c1-6(12)8-3-2-7(5-10)4-9(8)11/h2-4H,5,11H2,1H3. The van der Waals surface area contributed by atoms with E-state index in [2.05, 4.69) is 0 Å². The van der Waals surface area contributed by atoms with E-state index in [0.29, 0.717) is 17.1 Å². The number of alkyl halides is 1. The van der Waals surface area contributed by atoms with E-state index in [9.17, 15) is 4.79 Å². The van der Waals surface area contributed by atoms with Gasteiger partial charge in [-0.15, -0.1) is 11.6 Å². The molecule has 0 aliphatic rings. The summed E-state index contributed by atoms with van der Waals surface area (Å²) >= 11 is 5.59. The predicted molar refractivity (Wildman–Crippen MR) is 50.4 cm³/mol. The molecule has 0 unspecified atom stereocenters. The average molecular weight is 184 g/mol. The highest BCUT2D eigenvalue weighted by Gasteiger charge is 2.03. The summed E-state index contributed by atoms with van der Waals surface area (Å²) < 4.78 is 0. The maximum absolute atomic E-state index is 11.0. The van der Waals surface area contributed by atoms with E-state index in [1.54, 1.807) is 18.2 Å². The summed E-state index contributed by atoms with van der Waals surface area (Å²) in [5, 5.41) is 0. The summed E-state index contributed by atoms with van der Waals surface area (Å²) in [4.78, 5) is 11.0. The Morgan fingerprint density at radius 3 is 2.67 bits per heavy atom. The van der Waals surface area contributed by atoms with Crippen LogP contribution in [0.2, 0.25) is 0 Å². The second-order valence-corrected chi connectivity index (χ2v) is 2.88. The third-order valence-electron chi connectivity index (χ3n) is 1.65. The van der Waals surface area contributed by atoms with Crippen LogP contribution in [0.1, 0.15) is 22.8 Å². The Kier molecular flexibility index (Phi) is 2.71. The van der Waals surface area contributed by atoms with Crippen LogP contribution in [-0.4, -0.2) is 5.78 Å². The van der Waals surface area contributed by atoms with Crippen LogP contribution in [0.25, 0.3) is 0 Å². The lowest BCUT2D eigenvalue weighted by molar-refractivity contribution is 0.101. The van der Waals surface area contributed by atoms with Gasteiger partial charge in [0.05, 0.1) is 0 Å². The van der Waals surface area contributed by atoms with Gasteiger partial charge < -0.3 is 5.73 Å². The molecule has 0 aliphatic heterocycles. The van der Waals surface area contributed by atoms with Gasteiger partial charge in [-0.1, -0.05) is 6.07 Å². The topological polar surface area (TPSA) is 43.1 Å². The second kappa shape index (κ2) is 3.59. The molecule has 0 amide bonds. The summed E-state index contributed by atoms with van der Waals surface area (Å²) in [5.41, 5.74) is 7.61. The molecule has 64 valence electrons. The van der Waals surface area contributed by atoms with Gasteiger partial charge in [0.15, 0.2) is 5.78 Å². The Morgan fingerprint density at radius 1 is 1.58 bits per heavy atom. The molecule has 0 saturated heterocycles. The molecule has 0 aromatic heterocycles. The zero-order chi connectivity index (χ0) is 9.14. The Bertz CT molecular complexity index is 309. The molecule has 1 aromatic rings. The van der Waals surface area contributed by atoms with Crippen molar-refractivity contribution in [3.63, 3.8) is 0 Å². The minimum absolute atomic E-state index is 0.0198. The summed E-state index contributed by atoms with van der Waals surface area (Å²) in [6, 6.07) is 5.24. The number of Topliss-reactive ketones (excluding diaryl/α,β-unsaturated/α-hetero) is 1. The minimum atomic E-state index is -0.0198. The van der Waals surface area contributed by atoms with Gasteiger partial charge in [0.25, 0.3) is 0 Å². The van der Waals surface area contributed by atoms with Crippen molar-refractivity contribution in [1.82, 2.24) is 0 Å². The van der Waals surface area contributed by atoms with E-state index in [1.165, 1.54) is 6.92 Å². The smallest absolute Gasteiger partial charge is 0.161 e. The summed E-state index contributed by atoms with van der Waals surface area (Å²) in [7, 11) is 0. The molecule has 0 spiro atoms. The molecule has 0 heterocycles. The number of carbonyl (C=O) groups is 1. The monoisotopic (exact) mass is 183 g/mol. The first-order valence-electron chi connectivity index (χ1n) is 3.60. The van der Waals surface area contributed by atoms with E-state index < -0.39 is 0 Å². The van der Waals surface area contributed by atoms with Gasteiger partial charge in [0, 0.05) is 17.1 Å². The van der Waals surface area contributed by atoms with E-state index in [-0.39, 0.29) is 5.78 Å². The quantitative estimate of drug-likeness (QED) is 0.434. The number of hydrogen-bond donors (Lipinski definition) is 1. The summed E-state index contributed by atoms with van der Waals surface area (Å²) in [6.45, 7) is 1.49. The van der Waals surface area contributed by atoms with Crippen molar-refractivity contribution in [3.8, 4) is 0 Å². The fraction of sp³-hybridized carbons (Fsp3) is 0.222. The summed E-state index contributed by atoms with van der Waals surface area (Å²) in [6.07, 6.45) is 0. The lowest BCUT2D eigenvalue weighted by Gasteiger charge is -2.02. The number of nitrogens with two attached hydrogens (primary N) is 1. The van der Waals surface area contributed by atoms with Crippen molar-refractivity contribution in [1.29, 1.82) is 0 Å². The average Bonchev–Trinajstić information content (AvgIpc) is 2.03. The molecule has 2 nitrogen and oxygen atoms in total. The van der Waals surface area contributed by atoms with Gasteiger partial charge in [-0.2, -0.15) is 0 Å². The van der Waals surface area contributed by atoms with Crippen molar-refractivity contribution >= 4 is 23.1 Å². The van der Waals surface area contributed by atoms with Crippen molar-refractivity contribution < 1.29 is 4.79 Å². The van der Waals surface area contributed by atoms with Crippen molar-refractivity contribution in [2.24, 2.45) is 0 Å². The van der Waals surface area contributed by atoms with Gasteiger partial charge in [-0.25, -0.2) is 0 Å². The minimum Gasteiger partial charge on any atom is -0.398 e.